The minimum atomic E-state index is 0.0161. The van der Waals surface area contributed by atoms with Crippen molar-refractivity contribution in [2.24, 2.45) is 0 Å². The van der Waals surface area contributed by atoms with Crippen LogP contribution in [0, 0.1) is 0 Å². The lowest BCUT2D eigenvalue weighted by Crippen LogP contribution is -2.34. The lowest BCUT2D eigenvalue weighted by molar-refractivity contribution is -0.126. The minimum absolute atomic E-state index is 0.0161. The maximum absolute atomic E-state index is 12.5. The van der Waals surface area contributed by atoms with Crippen LogP contribution in [0.1, 0.15) is 16.7 Å². The molecule has 1 amide bonds. The number of ether oxygens (including phenoxy) is 2. The molecular weight excluding hydrogens is 302 g/mol. The van der Waals surface area contributed by atoms with E-state index in [0.717, 1.165) is 24.3 Å². The summed E-state index contributed by atoms with van der Waals surface area (Å²) in [5, 5.41) is 0. The van der Waals surface area contributed by atoms with Gasteiger partial charge in [-0.3, -0.25) is 4.79 Å². The number of rotatable bonds is 4. The molecule has 0 bridgehead atoms. The summed E-state index contributed by atoms with van der Waals surface area (Å²) >= 11 is 0. The van der Waals surface area contributed by atoms with Gasteiger partial charge in [-0.25, -0.2) is 0 Å². The van der Waals surface area contributed by atoms with E-state index in [1.165, 1.54) is 11.1 Å². The van der Waals surface area contributed by atoms with E-state index in [9.17, 15) is 4.79 Å². The highest BCUT2D eigenvalue weighted by molar-refractivity contribution is 5.92. The van der Waals surface area contributed by atoms with Crippen molar-refractivity contribution in [2.75, 3.05) is 20.8 Å². The summed E-state index contributed by atoms with van der Waals surface area (Å²) in [4.78, 5) is 14.3. The molecule has 0 spiro atoms. The molecule has 0 radical (unpaired) electrons. The summed E-state index contributed by atoms with van der Waals surface area (Å²) in [6.07, 6.45) is 4.31. The molecule has 4 heteroatoms. The Kier molecular flexibility index (Phi) is 4.85. The van der Waals surface area contributed by atoms with Crippen molar-refractivity contribution < 1.29 is 14.3 Å². The van der Waals surface area contributed by atoms with Crippen LogP contribution in [-0.4, -0.2) is 31.6 Å². The van der Waals surface area contributed by atoms with Crippen molar-refractivity contribution in [1.82, 2.24) is 4.90 Å². The first-order valence-corrected chi connectivity index (χ1v) is 7.97. The Morgan fingerprint density at radius 1 is 1.08 bits per heavy atom. The predicted molar refractivity (Wildman–Crippen MR) is 94.1 cm³/mol. The molecule has 1 aliphatic heterocycles. The van der Waals surface area contributed by atoms with E-state index >= 15 is 0 Å². The van der Waals surface area contributed by atoms with Crippen molar-refractivity contribution in [1.29, 1.82) is 0 Å². The average Bonchev–Trinajstić information content (AvgIpc) is 2.65. The SMILES string of the molecule is COc1ccc(/C=C/C(=O)N2CCc3ccccc3C2)c(OC)c1. The van der Waals surface area contributed by atoms with Gasteiger partial charge in [0.25, 0.3) is 0 Å². The second-order valence-electron chi connectivity index (χ2n) is 5.72. The molecular formula is C20H21NO3. The van der Waals surface area contributed by atoms with E-state index in [0.29, 0.717) is 12.3 Å². The van der Waals surface area contributed by atoms with Crippen LogP contribution in [0.3, 0.4) is 0 Å². The largest absolute Gasteiger partial charge is 0.497 e. The fourth-order valence-corrected chi connectivity index (χ4v) is 2.91. The van der Waals surface area contributed by atoms with Crippen LogP contribution in [-0.2, 0) is 17.8 Å². The van der Waals surface area contributed by atoms with Gasteiger partial charge in [0.05, 0.1) is 14.2 Å². The molecule has 1 heterocycles. The van der Waals surface area contributed by atoms with Gasteiger partial charge in [0.2, 0.25) is 5.91 Å². The first-order chi connectivity index (χ1) is 11.7. The number of methoxy groups -OCH3 is 2. The van der Waals surface area contributed by atoms with Crippen LogP contribution >= 0.6 is 0 Å². The number of hydrogen-bond donors (Lipinski definition) is 0. The molecule has 0 aromatic heterocycles. The monoisotopic (exact) mass is 323 g/mol. The van der Waals surface area contributed by atoms with E-state index in [1.807, 2.05) is 29.2 Å². The van der Waals surface area contributed by atoms with Crippen LogP contribution in [0.2, 0.25) is 0 Å². The molecule has 3 rings (SSSR count). The lowest BCUT2D eigenvalue weighted by atomic mass is 10.00. The fourth-order valence-electron chi connectivity index (χ4n) is 2.91. The Balaban J connectivity index is 1.72. The third kappa shape index (κ3) is 3.43. The Hall–Kier alpha value is -2.75. The molecule has 0 unspecified atom stereocenters. The summed E-state index contributed by atoms with van der Waals surface area (Å²) < 4.78 is 10.5. The highest BCUT2D eigenvalue weighted by Gasteiger charge is 2.18. The van der Waals surface area contributed by atoms with E-state index in [1.54, 1.807) is 32.4 Å². The van der Waals surface area contributed by atoms with Crippen LogP contribution in [0.4, 0.5) is 0 Å². The zero-order valence-corrected chi connectivity index (χ0v) is 14.0. The Labute approximate surface area is 142 Å². The number of benzene rings is 2. The van der Waals surface area contributed by atoms with Crippen molar-refractivity contribution >= 4 is 12.0 Å². The second-order valence-corrected chi connectivity index (χ2v) is 5.72. The van der Waals surface area contributed by atoms with Gasteiger partial charge in [0.15, 0.2) is 0 Å². The molecule has 0 atom stereocenters. The van der Waals surface area contributed by atoms with Gasteiger partial charge in [0, 0.05) is 30.8 Å². The second kappa shape index (κ2) is 7.21. The van der Waals surface area contributed by atoms with Crippen molar-refractivity contribution in [3.05, 3.63) is 65.2 Å². The number of nitrogens with zero attached hydrogens (tertiary/aromatic N) is 1. The summed E-state index contributed by atoms with van der Waals surface area (Å²) in [6.45, 7) is 1.42. The third-order valence-electron chi connectivity index (χ3n) is 4.29. The van der Waals surface area contributed by atoms with E-state index in [4.69, 9.17) is 9.47 Å². The molecule has 0 aliphatic carbocycles. The van der Waals surface area contributed by atoms with Crippen molar-refractivity contribution in [2.45, 2.75) is 13.0 Å². The number of carbonyl (C=O) groups excluding carboxylic acids is 1. The topological polar surface area (TPSA) is 38.8 Å². The molecule has 1 aliphatic rings. The van der Waals surface area contributed by atoms with Gasteiger partial charge >= 0.3 is 0 Å². The van der Waals surface area contributed by atoms with Gasteiger partial charge < -0.3 is 14.4 Å². The highest BCUT2D eigenvalue weighted by atomic mass is 16.5. The van der Waals surface area contributed by atoms with Gasteiger partial charge in [-0.2, -0.15) is 0 Å². The quantitative estimate of drug-likeness (QED) is 0.810. The first kappa shape index (κ1) is 16.1. The van der Waals surface area contributed by atoms with Crippen LogP contribution < -0.4 is 9.47 Å². The van der Waals surface area contributed by atoms with E-state index < -0.39 is 0 Å². The fraction of sp³-hybridized carbons (Fsp3) is 0.250. The molecule has 2 aromatic rings. The lowest BCUT2D eigenvalue weighted by Gasteiger charge is -2.27. The van der Waals surface area contributed by atoms with E-state index in [2.05, 4.69) is 12.1 Å². The number of fused-ring (bicyclic) bond motifs is 1. The molecule has 24 heavy (non-hydrogen) atoms. The Morgan fingerprint density at radius 3 is 2.62 bits per heavy atom. The first-order valence-electron chi connectivity index (χ1n) is 7.97. The smallest absolute Gasteiger partial charge is 0.246 e. The number of carbonyl (C=O) groups is 1. The molecule has 0 saturated heterocycles. The maximum Gasteiger partial charge on any atom is 0.246 e. The molecule has 2 aromatic carbocycles. The van der Waals surface area contributed by atoms with Gasteiger partial charge in [0.1, 0.15) is 11.5 Å². The van der Waals surface area contributed by atoms with Crippen LogP contribution in [0.5, 0.6) is 11.5 Å². The van der Waals surface area contributed by atoms with Crippen LogP contribution in [0.15, 0.2) is 48.5 Å². The van der Waals surface area contributed by atoms with Crippen molar-refractivity contribution in [3.63, 3.8) is 0 Å². The normalized spacial score (nSPS) is 13.7. The zero-order valence-electron chi connectivity index (χ0n) is 14.0. The molecule has 4 nitrogen and oxygen atoms in total. The summed E-state index contributed by atoms with van der Waals surface area (Å²) in [5.74, 6) is 1.42. The average molecular weight is 323 g/mol. The van der Waals surface area contributed by atoms with Gasteiger partial charge in [-0.15, -0.1) is 0 Å². The predicted octanol–water partition coefficient (Wildman–Crippen LogP) is 3.30. The molecule has 0 N–H and O–H groups in total. The molecule has 0 fully saturated rings. The zero-order chi connectivity index (χ0) is 16.9. The summed E-state index contributed by atoms with van der Waals surface area (Å²) in [5.41, 5.74) is 3.42. The van der Waals surface area contributed by atoms with Gasteiger partial charge in [-0.1, -0.05) is 24.3 Å². The molecule has 0 saturated carbocycles. The van der Waals surface area contributed by atoms with Crippen LogP contribution in [0.25, 0.3) is 6.08 Å². The standard InChI is InChI=1S/C20H21NO3/c1-23-18-9-7-16(19(13-18)24-2)8-10-20(22)21-12-11-15-5-3-4-6-17(15)14-21/h3-10,13H,11-12,14H2,1-2H3/b10-8+. The summed E-state index contributed by atoms with van der Waals surface area (Å²) in [6, 6.07) is 13.8. The number of hydrogen-bond acceptors (Lipinski definition) is 3. The van der Waals surface area contributed by atoms with E-state index in [-0.39, 0.29) is 5.91 Å². The molecule has 124 valence electrons. The highest BCUT2D eigenvalue weighted by Crippen LogP contribution is 2.26. The number of amides is 1. The minimum Gasteiger partial charge on any atom is -0.497 e. The Morgan fingerprint density at radius 2 is 1.88 bits per heavy atom. The summed E-state index contributed by atoms with van der Waals surface area (Å²) in [7, 11) is 3.22. The maximum atomic E-state index is 12.5. The van der Waals surface area contributed by atoms with Crippen molar-refractivity contribution in [3.8, 4) is 11.5 Å². The Bertz CT molecular complexity index is 767. The van der Waals surface area contributed by atoms with Gasteiger partial charge in [-0.05, 0) is 35.8 Å². The third-order valence-corrected chi connectivity index (χ3v) is 4.29.